The van der Waals surface area contributed by atoms with Crippen molar-refractivity contribution < 1.29 is 13.7 Å². The van der Waals surface area contributed by atoms with Crippen LogP contribution in [0, 0.1) is 5.82 Å². The smallest absolute Gasteiger partial charge is 0.123 e. The lowest BCUT2D eigenvalue weighted by atomic mass is 9.83. The van der Waals surface area contributed by atoms with E-state index in [2.05, 4.69) is 23.1 Å². The molecule has 0 N–H and O–H groups in total. The second-order valence-electron chi connectivity index (χ2n) is 8.27. The highest BCUT2D eigenvalue weighted by atomic mass is 31.2. The summed E-state index contributed by atoms with van der Waals surface area (Å²) >= 11 is 0. The molecule has 1 fully saturated rings. The summed E-state index contributed by atoms with van der Waals surface area (Å²) in [5, 5.41) is 0. The van der Waals surface area contributed by atoms with Crippen LogP contribution in [0.3, 0.4) is 0 Å². The van der Waals surface area contributed by atoms with Gasteiger partial charge in [0, 0.05) is 25.8 Å². The van der Waals surface area contributed by atoms with Gasteiger partial charge in [0.1, 0.15) is 11.9 Å². The van der Waals surface area contributed by atoms with Gasteiger partial charge in [-0.05, 0) is 55.0 Å². The molecule has 0 aromatic heterocycles. The number of benzene rings is 2. The molecule has 0 radical (unpaired) electrons. The van der Waals surface area contributed by atoms with Gasteiger partial charge in [-0.3, -0.25) is 0 Å². The van der Waals surface area contributed by atoms with Crippen molar-refractivity contribution in [1.29, 1.82) is 0 Å². The first-order valence-electron chi connectivity index (χ1n) is 9.65. The second-order valence-corrected chi connectivity index (χ2v) is 11.9. The van der Waals surface area contributed by atoms with Crippen LogP contribution in [-0.2, 0) is 14.9 Å². The third kappa shape index (κ3) is 3.89. The Balaban J connectivity index is 1.54. The Kier molecular flexibility index (Phi) is 5.00. The van der Waals surface area contributed by atoms with Gasteiger partial charge >= 0.3 is 0 Å². The van der Waals surface area contributed by atoms with Gasteiger partial charge in [-0.1, -0.05) is 36.4 Å². The summed E-state index contributed by atoms with van der Waals surface area (Å²) in [4.78, 5) is 2.40. The van der Waals surface area contributed by atoms with Gasteiger partial charge in [-0.15, -0.1) is 0 Å². The summed E-state index contributed by atoms with van der Waals surface area (Å²) in [5.41, 5.74) is 3.20. The van der Waals surface area contributed by atoms with E-state index in [0.717, 1.165) is 44.2 Å². The molecule has 2 aliphatic rings. The van der Waals surface area contributed by atoms with E-state index in [-0.39, 0.29) is 17.5 Å². The van der Waals surface area contributed by atoms with Crippen LogP contribution in [0.5, 0.6) is 0 Å². The molecular formula is C22H27FNO2P. The highest BCUT2D eigenvalue weighted by molar-refractivity contribution is 7.62. The number of hydrogen-bond acceptors (Lipinski definition) is 3. The van der Waals surface area contributed by atoms with Crippen molar-refractivity contribution in [2.75, 3.05) is 39.1 Å². The minimum Gasteiger partial charge on any atom is -0.358 e. The van der Waals surface area contributed by atoms with Crippen LogP contribution in [0.2, 0.25) is 0 Å². The van der Waals surface area contributed by atoms with E-state index in [9.17, 15) is 8.96 Å². The van der Waals surface area contributed by atoms with Gasteiger partial charge in [0.25, 0.3) is 0 Å². The van der Waals surface area contributed by atoms with Crippen LogP contribution in [0.1, 0.15) is 35.6 Å². The van der Waals surface area contributed by atoms with E-state index in [1.165, 1.54) is 23.3 Å². The van der Waals surface area contributed by atoms with Crippen molar-refractivity contribution in [2.45, 2.75) is 24.5 Å². The molecule has 2 aliphatic heterocycles. The lowest BCUT2D eigenvalue weighted by Crippen LogP contribution is -2.43. The molecule has 1 atom stereocenters. The Morgan fingerprint density at radius 2 is 1.78 bits per heavy atom. The molecule has 27 heavy (non-hydrogen) atoms. The van der Waals surface area contributed by atoms with E-state index >= 15 is 0 Å². The molecule has 0 aliphatic carbocycles. The highest BCUT2D eigenvalue weighted by Gasteiger charge is 2.46. The van der Waals surface area contributed by atoms with E-state index in [1.54, 1.807) is 0 Å². The number of ether oxygens (including phenoxy) is 1. The Labute approximate surface area is 160 Å². The fourth-order valence-corrected chi connectivity index (χ4v) is 5.05. The predicted octanol–water partition coefficient (Wildman–Crippen LogP) is 4.86. The highest BCUT2D eigenvalue weighted by Crippen LogP contribution is 2.51. The first-order chi connectivity index (χ1) is 12.9. The summed E-state index contributed by atoms with van der Waals surface area (Å²) in [6.07, 6.45) is 2.49. The summed E-state index contributed by atoms with van der Waals surface area (Å²) in [7, 11) is -1.98. The number of fused-ring (bicyclic) bond motifs is 2. The summed E-state index contributed by atoms with van der Waals surface area (Å²) in [5.74, 6) is -0.225. The SMILES string of the molecule is CP(C)(=O)CCN1CCC2(CC1)OC(c1ccc(F)cc1)c1ccccc12. The standard InChI is InChI=1S/C22H27FNO2P/c1-27(2,25)16-15-24-13-11-22(12-14-24)20-6-4-3-5-19(20)21(26-22)17-7-9-18(23)10-8-17/h3-10,21H,11-16H2,1-2H3. The minimum absolute atomic E-state index is 0.139. The molecule has 0 saturated carbocycles. The molecule has 1 spiro atoms. The van der Waals surface area contributed by atoms with Crippen LogP contribution in [0.25, 0.3) is 0 Å². The van der Waals surface area contributed by atoms with Crippen molar-refractivity contribution in [3.05, 3.63) is 71.0 Å². The zero-order valence-electron chi connectivity index (χ0n) is 16.0. The number of rotatable bonds is 4. The first kappa shape index (κ1) is 18.9. The van der Waals surface area contributed by atoms with E-state index in [4.69, 9.17) is 4.74 Å². The van der Waals surface area contributed by atoms with Crippen molar-refractivity contribution in [1.82, 2.24) is 4.90 Å². The van der Waals surface area contributed by atoms with Crippen molar-refractivity contribution in [2.24, 2.45) is 0 Å². The summed E-state index contributed by atoms with van der Waals surface area (Å²) in [6, 6.07) is 15.1. The Morgan fingerprint density at radius 1 is 1.11 bits per heavy atom. The fourth-order valence-electron chi connectivity index (χ4n) is 4.29. The monoisotopic (exact) mass is 387 g/mol. The van der Waals surface area contributed by atoms with Crippen LogP contribution >= 0.6 is 7.14 Å². The Bertz CT molecular complexity index is 853. The quantitative estimate of drug-likeness (QED) is 0.702. The third-order valence-electron chi connectivity index (χ3n) is 5.87. The molecule has 1 unspecified atom stereocenters. The molecule has 3 nitrogen and oxygen atoms in total. The van der Waals surface area contributed by atoms with Crippen LogP contribution in [-0.4, -0.2) is 44.0 Å². The molecule has 144 valence electrons. The largest absolute Gasteiger partial charge is 0.358 e. The summed E-state index contributed by atoms with van der Waals surface area (Å²) < 4.78 is 32.0. The van der Waals surface area contributed by atoms with Gasteiger partial charge in [-0.2, -0.15) is 0 Å². The van der Waals surface area contributed by atoms with E-state index in [1.807, 2.05) is 31.5 Å². The maximum atomic E-state index is 13.4. The Morgan fingerprint density at radius 3 is 2.44 bits per heavy atom. The number of halogens is 1. The molecule has 2 aromatic rings. The fraction of sp³-hybridized carbons (Fsp3) is 0.455. The van der Waals surface area contributed by atoms with Crippen molar-refractivity contribution >= 4 is 7.14 Å². The number of likely N-dealkylation sites (tertiary alicyclic amines) is 1. The predicted molar refractivity (Wildman–Crippen MR) is 107 cm³/mol. The van der Waals surface area contributed by atoms with Crippen LogP contribution in [0.4, 0.5) is 4.39 Å². The first-order valence-corrected chi connectivity index (χ1v) is 12.4. The van der Waals surface area contributed by atoms with Gasteiger partial charge in [0.2, 0.25) is 0 Å². The molecular weight excluding hydrogens is 360 g/mol. The summed E-state index contributed by atoms with van der Waals surface area (Å²) in [6.45, 7) is 6.52. The maximum Gasteiger partial charge on any atom is 0.123 e. The number of nitrogens with zero attached hydrogens (tertiary/aromatic N) is 1. The number of piperidine rings is 1. The Hall–Kier alpha value is -1.48. The lowest BCUT2D eigenvalue weighted by molar-refractivity contribution is -0.0962. The van der Waals surface area contributed by atoms with Gasteiger partial charge in [0.15, 0.2) is 0 Å². The second kappa shape index (κ2) is 7.16. The zero-order chi connectivity index (χ0) is 19.1. The normalized spacial score (nSPS) is 22.1. The average molecular weight is 387 g/mol. The van der Waals surface area contributed by atoms with Gasteiger partial charge in [0.05, 0.1) is 12.7 Å². The van der Waals surface area contributed by atoms with Gasteiger partial charge in [-0.25, -0.2) is 4.39 Å². The zero-order valence-corrected chi connectivity index (χ0v) is 16.9. The molecule has 1 saturated heterocycles. The maximum absolute atomic E-state index is 13.4. The molecule has 0 amide bonds. The molecule has 2 aromatic carbocycles. The topological polar surface area (TPSA) is 29.5 Å². The van der Waals surface area contributed by atoms with Crippen LogP contribution < -0.4 is 0 Å². The lowest BCUT2D eigenvalue weighted by Gasteiger charge is -2.40. The number of hydrogen-bond donors (Lipinski definition) is 0. The molecule has 5 heteroatoms. The minimum atomic E-state index is -1.98. The third-order valence-corrected chi connectivity index (χ3v) is 7.15. The molecule has 0 bridgehead atoms. The van der Waals surface area contributed by atoms with Crippen molar-refractivity contribution in [3.63, 3.8) is 0 Å². The van der Waals surface area contributed by atoms with E-state index in [0.29, 0.717) is 0 Å². The average Bonchev–Trinajstić information content (AvgIpc) is 2.96. The van der Waals surface area contributed by atoms with Crippen molar-refractivity contribution in [3.8, 4) is 0 Å². The molecule has 2 heterocycles. The molecule has 4 rings (SSSR count). The van der Waals surface area contributed by atoms with Gasteiger partial charge < -0.3 is 14.2 Å². The van der Waals surface area contributed by atoms with E-state index < -0.39 is 7.14 Å². The van der Waals surface area contributed by atoms with Crippen LogP contribution in [0.15, 0.2) is 48.5 Å².